The Balaban J connectivity index is 1.74. The van der Waals surface area contributed by atoms with Crippen molar-refractivity contribution in [2.75, 3.05) is 13.6 Å². The third-order valence-electron chi connectivity index (χ3n) is 4.62. The van der Waals surface area contributed by atoms with Crippen LogP contribution in [0.4, 0.5) is 0 Å². The number of hydrogen-bond donors (Lipinski definition) is 0. The van der Waals surface area contributed by atoms with E-state index in [-0.39, 0.29) is 0 Å². The van der Waals surface area contributed by atoms with E-state index < -0.39 is 0 Å². The van der Waals surface area contributed by atoms with Crippen molar-refractivity contribution in [3.63, 3.8) is 0 Å². The summed E-state index contributed by atoms with van der Waals surface area (Å²) >= 11 is 1.73. The molecule has 6 heteroatoms. The Morgan fingerprint density at radius 3 is 2.86 bits per heavy atom. The van der Waals surface area contributed by atoms with Gasteiger partial charge in [0.1, 0.15) is 10.8 Å². The minimum absolute atomic E-state index is 0.343. The number of thiazole rings is 1. The van der Waals surface area contributed by atoms with Gasteiger partial charge in [0.25, 0.3) is 0 Å². The third-order valence-corrected chi connectivity index (χ3v) is 5.38. The predicted octanol–water partition coefficient (Wildman–Crippen LogP) is 2.76. The third kappa shape index (κ3) is 3.09. The number of hydrogen-bond acceptors (Lipinski definition) is 5. The molecule has 1 aliphatic rings. The summed E-state index contributed by atoms with van der Waals surface area (Å²) in [5, 5.41) is 3.23. The summed E-state index contributed by atoms with van der Waals surface area (Å²) in [4.78, 5) is 13.9. The molecule has 2 aromatic heterocycles. The van der Waals surface area contributed by atoms with E-state index in [1.165, 1.54) is 16.5 Å². The predicted molar refractivity (Wildman–Crippen MR) is 89.8 cm³/mol. The molecule has 0 N–H and O–H groups in total. The first-order valence-corrected chi connectivity index (χ1v) is 8.81. The molecule has 0 fully saturated rings. The van der Waals surface area contributed by atoms with Crippen LogP contribution in [-0.4, -0.2) is 44.0 Å². The SMILES string of the molecule is CC(C)N(C)Cc1cnc2n1CCN(Cc1nccs1)[C@@H]2C. The Kier molecular flexibility index (Phi) is 4.61. The van der Waals surface area contributed by atoms with Crippen molar-refractivity contribution in [3.05, 3.63) is 34.3 Å². The molecule has 0 saturated carbocycles. The van der Waals surface area contributed by atoms with E-state index in [1.807, 2.05) is 11.6 Å². The fraction of sp³-hybridized carbons (Fsp3) is 0.625. The number of nitrogens with zero attached hydrogens (tertiary/aromatic N) is 5. The minimum Gasteiger partial charge on any atom is -0.328 e. The summed E-state index contributed by atoms with van der Waals surface area (Å²) < 4.78 is 2.40. The van der Waals surface area contributed by atoms with Crippen LogP contribution in [0.1, 0.15) is 43.3 Å². The van der Waals surface area contributed by atoms with Gasteiger partial charge in [-0.1, -0.05) is 0 Å². The fourth-order valence-corrected chi connectivity index (χ4v) is 3.53. The molecule has 0 aliphatic carbocycles. The Labute approximate surface area is 136 Å². The van der Waals surface area contributed by atoms with Gasteiger partial charge in [-0.15, -0.1) is 11.3 Å². The van der Waals surface area contributed by atoms with E-state index in [2.05, 4.69) is 53.4 Å². The van der Waals surface area contributed by atoms with Gasteiger partial charge in [-0.3, -0.25) is 9.80 Å². The van der Waals surface area contributed by atoms with Crippen LogP contribution in [-0.2, 0) is 19.6 Å². The molecule has 5 nitrogen and oxygen atoms in total. The van der Waals surface area contributed by atoms with E-state index in [9.17, 15) is 0 Å². The Hall–Kier alpha value is -1.24. The molecule has 1 aliphatic heterocycles. The summed E-state index contributed by atoms with van der Waals surface area (Å²) in [5.74, 6) is 1.19. The molecule has 1 atom stereocenters. The molecule has 120 valence electrons. The quantitative estimate of drug-likeness (QED) is 0.849. The molecule has 0 bridgehead atoms. The molecule has 0 amide bonds. The average Bonchev–Trinajstić information content (AvgIpc) is 3.12. The molecular formula is C16H25N5S. The van der Waals surface area contributed by atoms with E-state index >= 15 is 0 Å². The van der Waals surface area contributed by atoms with Crippen molar-refractivity contribution < 1.29 is 0 Å². The van der Waals surface area contributed by atoms with Crippen molar-refractivity contribution in [1.82, 2.24) is 24.3 Å². The topological polar surface area (TPSA) is 37.2 Å². The summed E-state index contributed by atoms with van der Waals surface area (Å²) in [7, 11) is 2.17. The van der Waals surface area contributed by atoms with Crippen molar-refractivity contribution in [3.8, 4) is 0 Å². The van der Waals surface area contributed by atoms with Crippen molar-refractivity contribution in [2.24, 2.45) is 0 Å². The van der Waals surface area contributed by atoms with Crippen LogP contribution < -0.4 is 0 Å². The Morgan fingerprint density at radius 2 is 2.18 bits per heavy atom. The monoisotopic (exact) mass is 319 g/mol. The maximum absolute atomic E-state index is 4.71. The minimum atomic E-state index is 0.343. The van der Waals surface area contributed by atoms with E-state index in [0.717, 1.165) is 26.2 Å². The highest BCUT2D eigenvalue weighted by atomic mass is 32.1. The average molecular weight is 319 g/mol. The molecule has 0 aromatic carbocycles. The molecule has 2 aromatic rings. The molecule has 0 unspecified atom stereocenters. The summed E-state index contributed by atoms with van der Waals surface area (Å²) in [6, 6.07) is 0.893. The highest BCUT2D eigenvalue weighted by Gasteiger charge is 2.27. The first-order valence-electron chi connectivity index (χ1n) is 7.93. The lowest BCUT2D eigenvalue weighted by atomic mass is 10.2. The maximum Gasteiger partial charge on any atom is 0.126 e. The second-order valence-electron chi connectivity index (χ2n) is 6.34. The van der Waals surface area contributed by atoms with Crippen LogP contribution in [0.3, 0.4) is 0 Å². The van der Waals surface area contributed by atoms with Crippen LogP contribution >= 0.6 is 11.3 Å². The van der Waals surface area contributed by atoms with E-state index in [0.29, 0.717) is 12.1 Å². The van der Waals surface area contributed by atoms with Gasteiger partial charge >= 0.3 is 0 Å². The van der Waals surface area contributed by atoms with Gasteiger partial charge < -0.3 is 4.57 Å². The van der Waals surface area contributed by atoms with Gasteiger partial charge in [-0.25, -0.2) is 9.97 Å². The number of imidazole rings is 1. The first kappa shape index (κ1) is 15.6. The van der Waals surface area contributed by atoms with Gasteiger partial charge in [0.05, 0.1) is 18.3 Å². The van der Waals surface area contributed by atoms with Crippen LogP contribution in [0.15, 0.2) is 17.8 Å². The van der Waals surface area contributed by atoms with Gasteiger partial charge in [0.15, 0.2) is 0 Å². The number of rotatable bonds is 5. The van der Waals surface area contributed by atoms with Gasteiger partial charge in [-0.2, -0.15) is 0 Å². The zero-order valence-electron chi connectivity index (χ0n) is 13.9. The Bertz CT molecular complexity index is 604. The zero-order valence-corrected chi connectivity index (χ0v) is 14.7. The van der Waals surface area contributed by atoms with Gasteiger partial charge in [-0.05, 0) is 27.8 Å². The van der Waals surface area contributed by atoms with Crippen molar-refractivity contribution in [2.45, 2.75) is 52.5 Å². The zero-order chi connectivity index (χ0) is 15.7. The lowest BCUT2D eigenvalue weighted by molar-refractivity contribution is 0.152. The summed E-state index contributed by atoms with van der Waals surface area (Å²) in [6.45, 7) is 10.7. The maximum atomic E-state index is 4.71. The highest BCUT2D eigenvalue weighted by Crippen LogP contribution is 2.27. The number of fused-ring (bicyclic) bond motifs is 1. The molecular weight excluding hydrogens is 294 g/mol. The van der Waals surface area contributed by atoms with E-state index in [1.54, 1.807) is 11.3 Å². The molecule has 3 rings (SSSR count). The van der Waals surface area contributed by atoms with Crippen LogP contribution in [0.5, 0.6) is 0 Å². The molecule has 0 radical (unpaired) electrons. The van der Waals surface area contributed by atoms with Crippen molar-refractivity contribution >= 4 is 11.3 Å². The van der Waals surface area contributed by atoms with Gasteiger partial charge in [0, 0.05) is 43.4 Å². The lowest BCUT2D eigenvalue weighted by Gasteiger charge is -2.34. The fourth-order valence-electron chi connectivity index (χ4n) is 2.89. The standard InChI is InChI=1S/C16H25N5S/c1-12(2)19(4)10-14-9-18-16-13(3)20(6-7-21(14)16)11-15-17-5-8-22-15/h5,8-9,12-13H,6-7,10-11H2,1-4H3/t13-/m1/s1. The smallest absolute Gasteiger partial charge is 0.126 e. The lowest BCUT2D eigenvalue weighted by Crippen LogP contribution is -2.37. The second-order valence-corrected chi connectivity index (χ2v) is 7.32. The van der Waals surface area contributed by atoms with Gasteiger partial charge in [0.2, 0.25) is 0 Å². The van der Waals surface area contributed by atoms with E-state index in [4.69, 9.17) is 4.98 Å². The normalized spacial score (nSPS) is 19.1. The van der Waals surface area contributed by atoms with Crippen LogP contribution in [0.2, 0.25) is 0 Å². The molecule has 0 saturated heterocycles. The molecule has 3 heterocycles. The Morgan fingerprint density at radius 1 is 1.36 bits per heavy atom. The molecule has 22 heavy (non-hydrogen) atoms. The summed E-state index contributed by atoms with van der Waals surface area (Å²) in [5.41, 5.74) is 1.33. The number of aromatic nitrogens is 3. The summed E-state index contributed by atoms with van der Waals surface area (Å²) in [6.07, 6.45) is 3.94. The van der Waals surface area contributed by atoms with Crippen LogP contribution in [0.25, 0.3) is 0 Å². The molecule has 0 spiro atoms. The van der Waals surface area contributed by atoms with Crippen molar-refractivity contribution in [1.29, 1.82) is 0 Å². The first-order chi connectivity index (χ1) is 10.6. The van der Waals surface area contributed by atoms with Crippen LogP contribution in [0, 0.1) is 0 Å². The second kappa shape index (κ2) is 6.48. The largest absolute Gasteiger partial charge is 0.328 e. The highest BCUT2D eigenvalue weighted by molar-refractivity contribution is 7.09.